The second-order valence-corrected chi connectivity index (χ2v) is 7.31. The van der Waals surface area contributed by atoms with Crippen molar-refractivity contribution >= 4 is 50.2 Å². The molecule has 0 saturated heterocycles. The summed E-state index contributed by atoms with van der Waals surface area (Å²) in [6, 6.07) is 4.66. The fourth-order valence-corrected chi connectivity index (χ4v) is 3.85. The number of anilines is 1. The van der Waals surface area contributed by atoms with E-state index in [4.69, 9.17) is 27.9 Å². The number of nitrogens with one attached hydrogen (secondary N) is 1. The van der Waals surface area contributed by atoms with Crippen molar-refractivity contribution in [2.45, 2.75) is 4.21 Å². The van der Waals surface area contributed by atoms with E-state index in [1.54, 1.807) is 6.07 Å². The van der Waals surface area contributed by atoms with Crippen LogP contribution in [0.15, 0.2) is 28.6 Å². The summed E-state index contributed by atoms with van der Waals surface area (Å²) >= 11 is 12.4. The number of nitrogens with zero attached hydrogens (tertiary/aromatic N) is 1. The van der Waals surface area contributed by atoms with Crippen LogP contribution >= 0.6 is 34.5 Å². The summed E-state index contributed by atoms with van der Waals surface area (Å²) in [7, 11) is -2.28. The second-order valence-electron chi connectivity index (χ2n) is 3.38. The largest absolute Gasteiger partial charge is 0.497 e. The van der Waals surface area contributed by atoms with E-state index in [0.717, 1.165) is 11.3 Å². The van der Waals surface area contributed by atoms with Crippen molar-refractivity contribution in [3.63, 3.8) is 0 Å². The van der Waals surface area contributed by atoms with Crippen LogP contribution in [0.3, 0.4) is 0 Å². The zero-order chi connectivity index (χ0) is 14.0. The van der Waals surface area contributed by atoms with E-state index in [2.05, 4.69) is 9.71 Å². The van der Waals surface area contributed by atoms with E-state index in [9.17, 15) is 8.42 Å². The molecule has 0 unspecified atom stereocenters. The average molecular weight is 339 g/mol. The highest BCUT2D eigenvalue weighted by molar-refractivity contribution is 7.94. The predicted octanol–water partition coefficient (Wildman–Crippen LogP) is 3.26. The van der Waals surface area contributed by atoms with Crippen molar-refractivity contribution in [3.05, 3.63) is 33.9 Å². The Bertz CT molecular complexity index is 701. The highest BCUT2D eigenvalue weighted by atomic mass is 35.5. The van der Waals surface area contributed by atoms with Crippen LogP contribution < -0.4 is 9.46 Å². The van der Waals surface area contributed by atoms with Gasteiger partial charge < -0.3 is 4.74 Å². The third-order valence-corrected chi connectivity index (χ3v) is 5.41. The van der Waals surface area contributed by atoms with E-state index in [1.165, 1.54) is 25.4 Å². The van der Waals surface area contributed by atoms with Gasteiger partial charge in [-0.3, -0.25) is 4.72 Å². The Morgan fingerprint density at radius 1 is 1.37 bits per heavy atom. The number of methoxy groups -OCH3 is 1. The van der Waals surface area contributed by atoms with Crippen LogP contribution in [0.2, 0.25) is 9.49 Å². The van der Waals surface area contributed by atoms with Gasteiger partial charge in [0.15, 0.2) is 8.68 Å². The fourth-order valence-electron chi connectivity index (χ4n) is 1.27. The summed E-state index contributed by atoms with van der Waals surface area (Å²) in [6.07, 6.45) is 1.18. The normalized spacial score (nSPS) is 11.3. The van der Waals surface area contributed by atoms with Crippen LogP contribution in [0, 0.1) is 0 Å². The number of halogens is 2. The summed E-state index contributed by atoms with van der Waals surface area (Å²) in [5.41, 5.74) is 0.227. The van der Waals surface area contributed by atoms with Crippen LogP contribution in [-0.4, -0.2) is 20.5 Å². The summed E-state index contributed by atoms with van der Waals surface area (Å²) in [4.78, 5) is 3.69. The predicted molar refractivity (Wildman–Crippen MR) is 75.9 cm³/mol. The summed E-state index contributed by atoms with van der Waals surface area (Å²) in [5.74, 6) is 0.490. The number of rotatable bonds is 4. The highest BCUT2D eigenvalue weighted by Gasteiger charge is 2.19. The minimum absolute atomic E-state index is 0.0105. The molecule has 9 heteroatoms. The molecule has 2 aromatic rings. The van der Waals surface area contributed by atoms with Crippen LogP contribution in [-0.2, 0) is 10.0 Å². The van der Waals surface area contributed by atoms with Gasteiger partial charge in [0.1, 0.15) is 5.75 Å². The first-order chi connectivity index (χ1) is 8.92. The smallest absolute Gasteiger partial charge is 0.273 e. The number of hydrogen-bond acceptors (Lipinski definition) is 5. The molecule has 1 heterocycles. The molecule has 102 valence electrons. The van der Waals surface area contributed by atoms with Gasteiger partial charge in [-0.05, 0) is 12.1 Å². The van der Waals surface area contributed by atoms with Crippen molar-refractivity contribution in [1.29, 1.82) is 0 Å². The number of hydrogen-bond donors (Lipinski definition) is 1. The summed E-state index contributed by atoms with van der Waals surface area (Å²) in [5, 5.41) is 0.264. The number of aromatic nitrogens is 1. The van der Waals surface area contributed by atoms with Crippen molar-refractivity contribution in [2.75, 3.05) is 11.8 Å². The molecule has 0 atom stereocenters. The zero-order valence-electron chi connectivity index (χ0n) is 9.55. The van der Waals surface area contributed by atoms with Gasteiger partial charge in [-0.15, -0.1) is 0 Å². The highest BCUT2D eigenvalue weighted by Crippen LogP contribution is 2.30. The molecule has 0 amide bonds. The molecule has 0 radical (unpaired) electrons. The van der Waals surface area contributed by atoms with Crippen molar-refractivity contribution < 1.29 is 13.2 Å². The van der Waals surface area contributed by atoms with E-state index in [0.29, 0.717) is 5.75 Å². The Labute approximate surface area is 124 Å². The molecule has 5 nitrogen and oxygen atoms in total. The van der Waals surface area contributed by atoms with Gasteiger partial charge in [-0.2, -0.15) is 0 Å². The molecule has 0 saturated carbocycles. The molecular formula is C10H8Cl2N2O3S2. The lowest BCUT2D eigenvalue weighted by Crippen LogP contribution is -2.11. The van der Waals surface area contributed by atoms with Gasteiger partial charge in [-0.1, -0.05) is 34.5 Å². The van der Waals surface area contributed by atoms with E-state index >= 15 is 0 Å². The maximum atomic E-state index is 12.1. The first-order valence-corrected chi connectivity index (χ1v) is 7.95. The molecule has 1 N–H and O–H groups in total. The number of thiazole rings is 1. The van der Waals surface area contributed by atoms with E-state index in [-0.39, 0.29) is 19.4 Å². The molecule has 1 aromatic carbocycles. The molecule has 19 heavy (non-hydrogen) atoms. The molecular weight excluding hydrogens is 331 g/mol. The van der Waals surface area contributed by atoms with Crippen LogP contribution in [0.1, 0.15) is 0 Å². The maximum Gasteiger partial charge on any atom is 0.273 e. The van der Waals surface area contributed by atoms with Gasteiger partial charge in [0.2, 0.25) is 0 Å². The lowest BCUT2D eigenvalue weighted by molar-refractivity contribution is 0.415. The van der Waals surface area contributed by atoms with E-state index < -0.39 is 10.0 Å². The maximum absolute atomic E-state index is 12.1. The molecule has 0 fully saturated rings. The number of sulfonamides is 1. The standard InChI is InChI=1S/C10H8Cl2N2O3S2/c1-17-6-2-3-7(11)8(4-6)14-19(15,16)9-5-13-10(12)18-9/h2-5,14H,1H3. The van der Waals surface area contributed by atoms with Crippen molar-refractivity contribution in [2.24, 2.45) is 0 Å². The third kappa shape index (κ3) is 3.30. The molecule has 0 aliphatic carbocycles. The molecule has 0 aliphatic rings. The first-order valence-electron chi connectivity index (χ1n) is 4.90. The minimum Gasteiger partial charge on any atom is -0.497 e. The summed E-state index contributed by atoms with van der Waals surface area (Å²) in [6.45, 7) is 0. The Kier molecular flexibility index (Phi) is 4.19. The quantitative estimate of drug-likeness (QED) is 0.928. The SMILES string of the molecule is COc1ccc(Cl)c(NS(=O)(=O)c2cnc(Cl)s2)c1. The average Bonchev–Trinajstić information content (AvgIpc) is 2.79. The van der Waals surface area contributed by atoms with Gasteiger partial charge in [0, 0.05) is 6.07 Å². The summed E-state index contributed by atoms with van der Waals surface area (Å²) < 4.78 is 31.7. The lowest BCUT2D eigenvalue weighted by Gasteiger charge is -2.09. The van der Waals surface area contributed by atoms with Crippen LogP contribution in [0.4, 0.5) is 5.69 Å². The number of benzene rings is 1. The molecule has 2 rings (SSSR count). The van der Waals surface area contributed by atoms with Crippen molar-refractivity contribution in [3.8, 4) is 5.75 Å². The van der Waals surface area contributed by atoms with Gasteiger partial charge in [0.05, 0.1) is 24.0 Å². The fraction of sp³-hybridized carbons (Fsp3) is 0.100. The minimum atomic E-state index is -3.76. The van der Waals surface area contributed by atoms with Crippen LogP contribution in [0.25, 0.3) is 0 Å². The Balaban J connectivity index is 2.35. The Morgan fingerprint density at radius 2 is 2.11 bits per heavy atom. The third-order valence-electron chi connectivity index (χ3n) is 2.14. The monoisotopic (exact) mass is 338 g/mol. The second kappa shape index (κ2) is 5.54. The first kappa shape index (κ1) is 14.4. The molecule has 0 aliphatic heterocycles. The molecule has 1 aromatic heterocycles. The van der Waals surface area contributed by atoms with Crippen LogP contribution in [0.5, 0.6) is 5.75 Å². The Morgan fingerprint density at radius 3 is 2.68 bits per heavy atom. The molecule has 0 spiro atoms. The number of ether oxygens (including phenoxy) is 1. The molecule has 0 bridgehead atoms. The van der Waals surface area contributed by atoms with Crippen molar-refractivity contribution in [1.82, 2.24) is 4.98 Å². The van der Waals surface area contributed by atoms with Gasteiger partial charge >= 0.3 is 0 Å². The Hall–Kier alpha value is -1.02. The van der Waals surface area contributed by atoms with Gasteiger partial charge in [-0.25, -0.2) is 13.4 Å². The van der Waals surface area contributed by atoms with E-state index in [1.807, 2.05) is 0 Å². The zero-order valence-corrected chi connectivity index (χ0v) is 12.7. The topological polar surface area (TPSA) is 68.3 Å². The van der Waals surface area contributed by atoms with Gasteiger partial charge in [0.25, 0.3) is 10.0 Å². The lowest BCUT2D eigenvalue weighted by atomic mass is 10.3.